The van der Waals surface area contributed by atoms with Gasteiger partial charge >= 0.3 is 0 Å². The zero-order valence-electron chi connectivity index (χ0n) is 14.3. The van der Waals surface area contributed by atoms with E-state index in [1.807, 2.05) is 51.1 Å². The van der Waals surface area contributed by atoms with Gasteiger partial charge in [-0.1, -0.05) is 26.8 Å². The highest BCUT2D eigenvalue weighted by atomic mass is 35.5. The first kappa shape index (κ1) is 18.0. The molecule has 0 aliphatic carbocycles. The van der Waals surface area contributed by atoms with E-state index in [2.05, 4.69) is 34.3 Å². The molecule has 1 amide bonds. The average molecular weight is 344 g/mol. The van der Waals surface area contributed by atoms with Gasteiger partial charge in [-0.15, -0.1) is 12.4 Å². The van der Waals surface area contributed by atoms with Crippen LogP contribution in [0.2, 0.25) is 0 Å². The van der Waals surface area contributed by atoms with Crippen LogP contribution in [0.25, 0.3) is 22.4 Å². The number of amides is 1. The number of aromatic nitrogens is 2. The van der Waals surface area contributed by atoms with Gasteiger partial charge in [-0.3, -0.25) is 4.79 Å². The maximum absolute atomic E-state index is 12.0. The Balaban J connectivity index is 0.00000208. The number of hydrogen-bond acceptors (Lipinski definition) is 2. The lowest BCUT2D eigenvalue weighted by molar-refractivity contribution is -0.123. The number of carbonyl (C=O) groups excluding carboxylic acids is 1. The zero-order chi connectivity index (χ0) is 16.6. The normalized spacial score (nSPS) is 11.2. The van der Waals surface area contributed by atoms with E-state index in [4.69, 9.17) is 0 Å². The number of rotatable bonds is 2. The summed E-state index contributed by atoms with van der Waals surface area (Å²) in [4.78, 5) is 20.0. The molecule has 4 nitrogen and oxygen atoms in total. The van der Waals surface area contributed by atoms with Crippen molar-refractivity contribution in [3.63, 3.8) is 0 Å². The minimum atomic E-state index is -0.407. The molecule has 0 saturated carbocycles. The van der Waals surface area contributed by atoms with E-state index in [9.17, 15) is 4.79 Å². The number of carbonyl (C=O) groups is 1. The van der Waals surface area contributed by atoms with Gasteiger partial charge in [-0.05, 0) is 48.9 Å². The van der Waals surface area contributed by atoms with E-state index < -0.39 is 5.41 Å². The first-order valence-corrected chi connectivity index (χ1v) is 7.71. The molecule has 2 aromatic carbocycles. The van der Waals surface area contributed by atoms with Gasteiger partial charge in [0, 0.05) is 16.7 Å². The van der Waals surface area contributed by atoms with Crippen molar-refractivity contribution in [2.24, 2.45) is 5.41 Å². The molecule has 0 unspecified atom stereocenters. The summed E-state index contributed by atoms with van der Waals surface area (Å²) in [5.74, 6) is 0.837. The van der Waals surface area contributed by atoms with Gasteiger partial charge in [-0.2, -0.15) is 0 Å². The monoisotopic (exact) mass is 343 g/mol. The first-order chi connectivity index (χ1) is 10.8. The summed E-state index contributed by atoms with van der Waals surface area (Å²) in [7, 11) is 0. The maximum Gasteiger partial charge on any atom is 0.229 e. The van der Waals surface area contributed by atoms with Crippen molar-refractivity contribution in [3.8, 4) is 11.4 Å². The molecule has 0 spiro atoms. The van der Waals surface area contributed by atoms with Crippen LogP contribution in [0, 0.1) is 12.3 Å². The molecule has 3 aromatic rings. The van der Waals surface area contributed by atoms with Crippen LogP contribution in [0.4, 0.5) is 5.69 Å². The topological polar surface area (TPSA) is 57.8 Å². The number of aromatic amines is 1. The number of nitrogens with zero attached hydrogens (tertiary/aromatic N) is 1. The Kier molecular flexibility index (Phi) is 4.99. The molecule has 1 aromatic heterocycles. The highest BCUT2D eigenvalue weighted by Crippen LogP contribution is 2.23. The quantitative estimate of drug-likeness (QED) is 0.692. The molecular formula is C19H22ClN3O. The third kappa shape index (κ3) is 3.77. The Morgan fingerprint density at radius 1 is 1.08 bits per heavy atom. The number of H-pyrrole nitrogens is 1. The second kappa shape index (κ2) is 6.65. The van der Waals surface area contributed by atoms with Gasteiger partial charge < -0.3 is 10.3 Å². The molecule has 0 bridgehead atoms. The number of fused-ring (bicyclic) bond motifs is 1. The highest BCUT2D eigenvalue weighted by molar-refractivity contribution is 5.94. The molecular weight excluding hydrogens is 322 g/mol. The van der Waals surface area contributed by atoms with Crippen LogP contribution >= 0.6 is 12.4 Å². The predicted octanol–water partition coefficient (Wildman–Crippen LogP) is 4.94. The van der Waals surface area contributed by atoms with Crippen LogP contribution in [-0.4, -0.2) is 15.9 Å². The minimum absolute atomic E-state index is 0. The third-order valence-electron chi connectivity index (χ3n) is 3.73. The molecule has 0 fully saturated rings. The molecule has 0 radical (unpaired) electrons. The van der Waals surface area contributed by atoms with Crippen LogP contribution in [0.1, 0.15) is 26.3 Å². The fraction of sp³-hybridized carbons (Fsp3) is 0.263. The highest BCUT2D eigenvalue weighted by Gasteiger charge is 2.21. The zero-order valence-corrected chi connectivity index (χ0v) is 15.1. The molecule has 1 heterocycles. The lowest BCUT2D eigenvalue weighted by Crippen LogP contribution is -2.27. The summed E-state index contributed by atoms with van der Waals surface area (Å²) >= 11 is 0. The van der Waals surface area contributed by atoms with Crippen LogP contribution < -0.4 is 5.32 Å². The van der Waals surface area contributed by atoms with Crippen molar-refractivity contribution in [2.75, 3.05) is 5.32 Å². The summed E-state index contributed by atoms with van der Waals surface area (Å²) in [5.41, 5.74) is 4.57. The summed E-state index contributed by atoms with van der Waals surface area (Å²) in [5, 5.41) is 2.93. The van der Waals surface area contributed by atoms with Gasteiger partial charge in [-0.25, -0.2) is 4.98 Å². The van der Waals surface area contributed by atoms with Gasteiger partial charge in [0.2, 0.25) is 5.91 Å². The number of halogens is 1. The molecule has 0 atom stereocenters. The summed E-state index contributed by atoms with van der Waals surface area (Å²) in [6, 6.07) is 13.9. The van der Waals surface area contributed by atoms with E-state index in [-0.39, 0.29) is 18.3 Å². The van der Waals surface area contributed by atoms with Crippen molar-refractivity contribution >= 4 is 35.0 Å². The Bertz CT molecular complexity index is 860. The van der Waals surface area contributed by atoms with Gasteiger partial charge in [0.05, 0.1) is 11.0 Å². The van der Waals surface area contributed by atoms with Crippen molar-refractivity contribution < 1.29 is 4.79 Å². The average Bonchev–Trinajstić information content (AvgIpc) is 2.90. The lowest BCUT2D eigenvalue weighted by Gasteiger charge is -2.17. The standard InChI is InChI=1S/C19H21N3O.ClH/c1-12-5-10-15-16(11-12)22-17(21-15)13-6-8-14(9-7-13)20-18(23)19(2,3)4;/h5-11H,1-4H3,(H,20,23)(H,21,22);1H. The number of anilines is 1. The lowest BCUT2D eigenvalue weighted by atomic mass is 9.95. The third-order valence-corrected chi connectivity index (χ3v) is 3.73. The summed E-state index contributed by atoms with van der Waals surface area (Å²) in [6.07, 6.45) is 0. The number of nitrogens with one attached hydrogen (secondary N) is 2. The van der Waals surface area contributed by atoms with E-state index in [0.29, 0.717) is 0 Å². The molecule has 0 saturated heterocycles. The van der Waals surface area contributed by atoms with Crippen molar-refractivity contribution in [2.45, 2.75) is 27.7 Å². The predicted molar refractivity (Wildman–Crippen MR) is 102 cm³/mol. The molecule has 126 valence electrons. The second-order valence-corrected chi connectivity index (χ2v) is 6.89. The summed E-state index contributed by atoms with van der Waals surface area (Å²) < 4.78 is 0. The number of aryl methyl sites for hydroxylation is 1. The number of imidazole rings is 1. The fourth-order valence-corrected chi connectivity index (χ4v) is 2.29. The molecule has 0 aliphatic heterocycles. The molecule has 24 heavy (non-hydrogen) atoms. The van der Waals surface area contributed by atoms with E-state index in [1.54, 1.807) is 0 Å². The van der Waals surface area contributed by atoms with Crippen molar-refractivity contribution in [1.29, 1.82) is 0 Å². The molecule has 3 rings (SSSR count). The van der Waals surface area contributed by atoms with Crippen molar-refractivity contribution in [1.82, 2.24) is 9.97 Å². The second-order valence-electron chi connectivity index (χ2n) is 6.89. The number of benzene rings is 2. The van der Waals surface area contributed by atoms with Gasteiger partial charge in [0.15, 0.2) is 0 Å². The van der Waals surface area contributed by atoms with Gasteiger partial charge in [0.1, 0.15) is 5.82 Å². The maximum atomic E-state index is 12.0. The van der Waals surface area contributed by atoms with Crippen LogP contribution in [0.3, 0.4) is 0 Å². The Hall–Kier alpha value is -2.33. The van der Waals surface area contributed by atoms with E-state index in [0.717, 1.165) is 28.1 Å². The molecule has 0 aliphatic rings. The number of hydrogen-bond donors (Lipinski definition) is 2. The smallest absolute Gasteiger partial charge is 0.229 e. The van der Waals surface area contributed by atoms with E-state index >= 15 is 0 Å². The fourth-order valence-electron chi connectivity index (χ4n) is 2.29. The summed E-state index contributed by atoms with van der Waals surface area (Å²) in [6.45, 7) is 7.75. The van der Waals surface area contributed by atoms with E-state index in [1.165, 1.54) is 5.56 Å². The van der Waals surface area contributed by atoms with Crippen LogP contribution in [-0.2, 0) is 4.79 Å². The first-order valence-electron chi connectivity index (χ1n) is 7.71. The largest absolute Gasteiger partial charge is 0.338 e. The van der Waals surface area contributed by atoms with Gasteiger partial charge in [0.25, 0.3) is 0 Å². The molecule has 5 heteroatoms. The van der Waals surface area contributed by atoms with Crippen LogP contribution in [0.5, 0.6) is 0 Å². The van der Waals surface area contributed by atoms with Crippen molar-refractivity contribution in [3.05, 3.63) is 48.0 Å². The molecule has 2 N–H and O–H groups in total. The minimum Gasteiger partial charge on any atom is -0.338 e. The Morgan fingerprint density at radius 3 is 2.38 bits per heavy atom. The SMILES string of the molecule is Cc1ccc2nc(-c3ccc(NC(=O)C(C)(C)C)cc3)[nH]c2c1.Cl. The van der Waals surface area contributed by atoms with Crippen LogP contribution in [0.15, 0.2) is 42.5 Å². The Labute approximate surface area is 148 Å². The Morgan fingerprint density at radius 2 is 1.75 bits per heavy atom.